The zero-order chi connectivity index (χ0) is 23.8. The van der Waals surface area contributed by atoms with Gasteiger partial charge in [-0.25, -0.2) is 0 Å². The molecule has 1 atom stereocenters. The third kappa shape index (κ3) is 4.33. The molecule has 2 aliphatic rings. The van der Waals surface area contributed by atoms with Gasteiger partial charge in [0.15, 0.2) is 0 Å². The lowest BCUT2D eigenvalue weighted by atomic mass is 9.96. The molecule has 2 aromatic rings. The first kappa shape index (κ1) is 23.5. The number of carbonyl (C=O) groups is 2. The number of amides is 2. The highest BCUT2D eigenvalue weighted by Crippen LogP contribution is 2.58. The summed E-state index contributed by atoms with van der Waals surface area (Å²) in [5, 5.41) is 4.00. The molecule has 2 amide bonds. The highest BCUT2D eigenvalue weighted by atomic mass is 32.1. The fourth-order valence-corrected chi connectivity index (χ4v) is 5.89. The zero-order valence-electron chi connectivity index (χ0n) is 19.9. The lowest BCUT2D eigenvalue weighted by Gasteiger charge is -2.22. The van der Waals surface area contributed by atoms with Gasteiger partial charge < -0.3 is 19.1 Å². The zero-order valence-corrected chi connectivity index (χ0v) is 20.7. The molecule has 1 aliphatic heterocycles. The Hall–Kier alpha value is -2.61. The normalized spacial score (nSPS) is 18.9. The average molecular weight is 472 g/mol. The van der Waals surface area contributed by atoms with Gasteiger partial charge in [0.25, 0.3) is 11.5 Å². The van der Waals surface area contributed by atoms with E-state index in [0.717, 1.165) is 24.8 Å². The lowest BCUT2D eigenvalue weighted by Crippen LogP contribution is -2.36. The van der Waals surface area contributed by atoms with E-state index in [-0.39, 0.29) is 28.7 Å². The van der Waals surface area contributed by atoms with Gasteiger partial charge in [0.2, 0.25) is 5.91 Å². The monoisotopic (exact) mass is 471 g/mol. The molecule has 178 valence electrons. The second-order valence-electron chi connectivity index (χ2n) is 9.22. The molecule has 1 saturated carbocycles. The molecule has 0 saturated heterocycles. The summed E-state index contributed by atoms with van der Waals surface area (Å²) in [5.41, 5.74) is 2.08. The molecular weight excluding hydrogens is 438 g/mol. The van der Waals surface area contributed by atoms with Gasteiger partial charge >= 0.3 is 0 Å². The Bertz CT molecular complexity index is 1090. The van der Waals surface area contributed by atoms with Gasteiger partial charge in [-0.2, -0.15) is 11.3 Å². The van der Waals surface area contributed by atoms with E-state index < -0.39 is 0 Å². The lowest BCUT2D eigenvalue weighted by molar-refractivity contribution is -0.133. The third-order valence-corrected chi connectivity index (χ3v) is 8.31. The molecule has 0 spiro atoms. The van der Waals surface area contributed by atoms with E-state index in [4.69, 9.17) is 4.74 Å². The van der Waals surface area contributed by atoms with Crippen LogP contribution >= 0.6 is 11.3 Å². The predicted molar refractivity (Wildman–Crippen MR) is 129 cm³/mol. The topological polar surface area (TPSA) is 71.9 Å². The molecule has 4 rings (SSSR count). The summed E-state index contributed by atoms with van der Waals surface area (Å²) in [5.74, 6) is 0.387. The van der Waals surface area contributed by atoms with E-state index in [1.165, 1.54) is 13.2 Å². The van der Waals surface area contributed by atoms with Crippen LogP contribution in [0.2, 0.25) is 0 Å². The molecule has 8 heteroatoms. The Morgan fingerprint density at radius 1 is 1.24 bits per heavy atom. The van der Waals surface area contributed by atoms with Crippen LogP contribution < -0.4 is 10.3 Å². The molecule has 0 radical (unpaired) electrons. The number of hydrogen-bond acceptors (Lipinski definition) is 5. The highest BCUT2D eigenvalue weighted by Gasteiger charge is 2.56. The molecule has 3 heterocycles. The third-order valence-electron chi connectivity index (χ3n) is 7.58. The molecule has 1 unspecified atom stereocenters. The van der Waals surface area contributed by atoms with E-state index in [1.54, 1.807) is 27.9 Å². The van der Waals surface area contributed by atoms with Crippen LogP contribution in [0.4, 0.5) is 0 Å². The van der Waals surface area contributed by atoms with Gasteiger partial charge in [0, 0.05) is 57.3 Å². The fourth-order valence-electron chi connectivity index (χ4n) is 5.23. The average Bonchev–Trinajstić information content (AvgIpc) is 3.43. The highest BCUT2D eigenvalue weighted by molar-refractivity contribution is 7.07. The Morgan fingerprint density at radius 2 is 2.00 bits per heavy atom. The van der Waals surface area contributed by atoms with Crippen LogP contribution in [-0.4, -0.2) is 53.4 Å². The molecule has 0 aromatic carbocycles. The van der Waals surface area contributed by atoms with Crippen LogP contribution in [-0.2, 0) is 24.3 Å². The van der Waals surface area contributed by atoms with Crippen molar-refractivity contribution in [2.75, 3.05) is 27.2 Å². The summed E-state index contributed by atoms with van der Waals surface area (Å²) in [7, 11) is 3.24. The van der Waals surface area contributed by atoms with Gasteiger partial charge in [0.05, 0.1) is 7.11 Å². The predicted octanol–water partition coefficient (Wildman–Crippen LogP) is 3.40. The Balaban J connectivity index is 1.60. The van der Waals surface area contributed by atoms with Crippen LogP contribution in [0.3, 0.4) is 0 Å². The minimum Gasteiger partial charge on any atom is -0.496 e. The fraction of sp³-hybridized carbons (Fsp3) is 0.560. The van der Waals surface area contributed by atoms with Crippen LogP contribution in [0.1, 0.15) is 54.7 Å². The van der Waals surface area contributed by atoms with Crippen LogP contribution in [0.5, 0.6) is 5.75 Å². The number of pyridine rings is 1. The van der Waals surface area contributed by atoms with E-state index in [9.17, 15) is 14.4 Å². The number of ether oxygens (including phenoxy) is 1. The minimum atomic E-state index is -0.198. The van der Waals surface area contributed by atoms with Crippen LogP contribution in [0, 0.1) is 11.3 Å². The number of thiophene rings is 1. The molecule has 1 fully saturated rings. The minimum absolute atomic E-state index is 0.0813. The second-order valence-corrected chi connectivity index (χ2v) is 10.00. The SMILES string of the molecule is CCC1(CC)CC1C(=O)N1CCc2c(C(=O)N(C)Cc3ccsc3)c(OC)cc(=O)n2CC1. The molecule has 33 heavy (non-hydrogen) atoms. The number of methoxy groups -OCH3 is 1. The smallest absolute Gasteiger partial charge is 0.259 e. The summed E-state index contributed by atoms with van der Waals surface area (Å²) in [6.07, 6.45) is 3.43. The second kappa shape index (κ2) is 9.33. The van der Waals surface area contributed by atoms with Gasteiger partial charge in [-0.15, -0.1) is 0 Å². The summed E-state index contributed by atoms with van der Waals surface area (Å²) in [4.78, 5) is 43.2. The molecule has 2 aromatic heterocycles. The van der Waals surface area contributed by atoms with Gasteiger partial charge in [0.1, 0.15) is 11.3 Å². The molecule has 0 bridgehead atoms. The first-order valence-corrected chi connectivity index (χ1v) is 12.7. The Kier molecular flexibility index (Phi) is 6.66. The molecule has 1 aliphatic carbocycles. The summed E-state index contributed by atoms with van der Waals surface area (Å²) in [6, 6.07) is 3.39. The molecular formula is C25H33N3O4S. The quantitative estimate of drug-likeness (QED) is 0.621. The van der Waals surface area contributed by atoms with Crippen LogP contribution in [0.15, 0.2) is 27.7 Å². The summed E-state index contributed by atoms with van der Waals surface area (Å²) < 4.78 is 7.13. The van der Waals surface area contributed by atoms with Crippen molar-refractivity contribution in [2.24, 2.45) is 11.3 Å². The maximum absolute atomic E-state index is 13.5. The van der Waals surface area contributed by atoms with E-state index in [1.807, 2.05) is 21.7 Å². The molecule has 7 nitrogen and oxygen atoms in total. The number of nitrogens with zero attached hydrogens (tertiary/aromatic N) is 3. The van der Waals surface area contributed by atoms with Crippen molar-refractivity contribution in [1.29, 1.82) is 0 Å². The van der Waals surface area contributed by atoms with E-state index in [0.29, 0.717) is 49.6 Å². The van der Waals surface area contributed by atoms with Crippen molar-refractivity contribution in [3.05, 3.63) is 50.1 Å². The summed E-state index contributed by atoms with van der Waals surface area (Å²) in [6.45, 7) is 6.16. The number of fused-ring (bicyclic) bond motifs is 1. The van der Waals surface area contributed by atoms with Crippen molar-refractivity contribution in [2.45, 2.75) is 52.6 Å². The number of carbonyl (C=O) groups excluding carboxylic acids is 2. The van der Waals surface area contributed by atoms with Crippen molar-refractivity contribution in [3.8, 4) is 5.75 Å². The Morgan fingerprint density at radius 3 is 2.61 bits per heavy atom. The van der Waals surface area contributed by atoms with E-state index >= 15 is 0 Å². The van der Waals surface area contributed by atoms with Crippen LogP contribution in [0.25, 0.3) is 0 Å². The first-order valence-electron chi connectivity index (χ1n) is 11.7. The Labute approximate surface area is 199 Å². The molecule has 0 N–H and O–H groups in total. The maximum Gasteiger partial charge on any atom is 0.259 e. The summed E-state index contributed by atoms with van der Waals surface area (Å²) >= 11 is 1.59. The number of aromatic nitrogens is 1. The van der Waals surface area contributed by atoms with Crippen molar-refractivity contribution >= 4 is 23.2 Å². The number of hydrogen-bond donors (Lipinski definition) is 0. The van der Waals surface area contributed by atoms with Gasteiger partial charge in [-0.3, -0.25) is 14.4 Å². The standard InChI is InChI=1S/C25H33N3O4S/c1-5-25(6-2)14-18(25)23(30)27-9-7-19-22(20(32-4)13-21(29)28(19)11-10-27)24(31)26(3)15-17-8-12-33-16-17/h8,12-13,16,18H,5-7,9-11,14-15H2,1-4H3. The van der Waals surface area contributed by atoms with E-state index in [2.05, 4.69) is 13.8 Å². The van der Waals surface area contributed by atoms with Gasteiger partial charge in [-0.05, 0) is 47.1 Å². The largest absolute Gasteiger partial charge is 0.496 e. The van der Waals surface area contributed by atoms with Crippen molar-refractivity contribution in [3.63, 3.8) is 0 Å². The van der Waals surface area contributed by atoms with Gasteiger partial charge in [-0.1, -0.05) is 13.8 Å². The number of rotatable bonds is 7. The first-order chi connectivity index (χ1) is 15.8. The van der Waals surface area contributed by atoms with Crippen molar-refractivity contribution in [1.82, 2.24) is 14.4 Å². The maximum atomic E-state index is 13.5. The van der Waals surface area contributed by atoms with Crippen molar-refractivity contribution < 1.29 is 14.3 Å².